The number of carbonyl (C=O) groups is 1. The lowest BCUT2D eigenvalue weighted by Crippen LogP contribution is -2.73. The first-order valence-electron chi connectivity index (χ1n) is 7.62. The molecule has 0 unspecified atom stereocenters. The molecule has 5 atom stereocenters. The standard InChI is InChI=1S/C16H26O3/c1-14(2,3)16(5)18-13(17)12-10-8-6-7-9-11(10)15(12,4)19-16/h10-12H,6-9H2,1-5H3/t10-,11+,12-,15-,16+/m1/s1. The topological polar surface area (TPSA) is 35.5 Å². The molecule has 3 heteroatoms. The van der Waals surface area contributed by atoms with Gasteiger partial charge in [0.2, 0.25) is 5.79 Å². The third-order valence-electron chi connectivity index (χ3n) is 5.93. The second-order valence-electron chi connectivity index (χ2n) is 7.94. The van der Waals surface area contributed by atoms with Gasteiger partial charge >= 0.3 is 5.97 Å². The Balaban J connectivity index is 1.92. The molecule has 3 fully saturated rings. The summed E-state index contributed by atoms with van der Waals surface area (Å²) in [5, 5.41) is 0. The molecule has 2 aliphatic carbocycles. The zero-order chi connectivity index (χ0) is 14.1. The van der Waals surface area contributed by atoms with Gasteiger partial charge in [0.25, 0.3) is 0 Å². The lowest BCUT2D eigenvalue weighted by atomic mass is 9.49. The first-order chi connectivity index (χ1) is 8.69. The highest BCUT2D eigenvalue weighted by molar-refractivity contribution is 5.77. The van der Waals surface area contributed by atoms with Gasteiger partial charge in [-0.25, -0.2) is 0 Å². The maximum absolute atomic E-state index is 12.5. The van der Waals surface area contributed by atoms with Gasteiger partial charge in [-0.15, -0.1) is 0 Å². The molecule has 1 aliphatic heterocycles. The third kappa shape index (κ3) is 1.63. The molecule has 0 aromatic carbocycles. The van der Waals surface area contributed by atoms with Gasteiger partial charge in [0.1, 0.15) is 0 Å². The van der Waals surface area contributed by atoms with Crippen LogP contribution in [-0.2, 0) is 14.3 Å². The average molecular weight is 266 g/mol. The van der Waals surface area contributed by atoms with E-state index in [9.17, 15) is 4.79 Å². The predicted molar refractivity (Wildman–Crippen MR) is 72.4 cm³/mol. The Bertz CT molecular complexity index is 411. The number of cyclic esters (lactones) is 1. The zero-order valence-corrected chi connectivity index (χ0v) is 12.8. The summed E-state index contributed by atoms with van der Waals surface area (Å²) in [6, 6.07) is 0. The van der Waals surface area contributed by atoms with Crippen molar-refractivity contribution in [2.24, 2.45) is 23.2 Å². The van der Waals surface area contributed by atoms with Crippen LogP contribution < -0.4 is 0 Å². The van der Waals surface area contributed by atoms with Gasteiger partial charge in [0.15, 0.2) is 0 Å². The van der Waals surface area contributed by atoms with E-state index in [-0.39, 0.29) is 22.9 Å². The SMILES string of the molecule is CC(C)(C)[C@@]1(C)OC(=O)[C@H]2[C@@H]3CCCC[C@@H]3[C@@]2(C)O1. The number of fused-ring (bicyclic) bond motifs is 4. The summed E-state index contributed by atoms with van der Waals surface area (Å²) in [6.07, 6.45) is 4.88. The van der Waals surface area contributed by atoms with Crippen molar-refractivity contribution in [1.82, 2.24) is 0 Å². The van der Waals surface area contributed by atoms with Gasteiger partial charge in [-0.1, -0.05) is 33.6 Å². The van der Waals surface area contributed by atoms with Gasteiger partial charge < -0.3 is 9.47 Å². The monoisotopic (exact) mass is 266 g/mol. The van der Waals surface area contributed by atoms with Crippen LogP contribution in [0.4, 0.5) is 0 Å². The molecule has 3 nitrogen and oxygen atoms in total. The number of hydrogen-bond acceptors (Lipinski definition) is 3. The minimum atomic E-state index is -0.808. The molecule has 0 N–H and O–H groups in total. The summed E-state index contributed by atoms with van der Waals surface area (Å²) in [5.41, 5.74) is -0.515. The summed E-state index contributed by atoms with van der Waals surface area (Å²) < 4.78 is 12.1. The van der Waals surface area contributed by atoms with E-state index in [1.54, 1.807) is 0 Å². The molecule has 0 radical (unpaired) electrons. The molecule has 19 heavy (non-hydrogen) atoms. The van der Waals surface area contributed by atoms with Crippen LogP contribution in [0.2, 0.25) is 0 Å². The Hall–Kier alpha value is -0.570. The van der Waals surface area contributed by atoms with E-state index in [4.69, 9.17) is 9.47 Å². The smallest absolute Gasteiger partial charge is 0.314 e. The van der Waals surface area contributed by atoms with Crippen LogP contribution >= 0.6 is 0 Å². The van der Waals surface area contributed by atoms with Crippen molar-refractivity contribution in [3.63, 3.8) is 0 Å². The lowest BCUT2D eigenvalue weighted by molar-refractivity contribution is -0.391. The minimum absolute atomic E-state index is 0.0330. The van der Waals surface area contributed by atoms with Crippen LogP contribution in [0.5, 0.6) is 0 Å². The molecule has 108 valence electrons. The van der Waals surface area contributed by atoms with Gasteiger partial charge in [-0.05, 0) is 31.6 Å². The highest BCUT2D eigenvalue weighted by atomic mass is 16.7. The van der Waals surface area contributed by atoms with Crippen molar-refractivity contribution < 1.29 is 14.3 Å². The average Bonchev–Trinajstić information content (AvgIpc) is 2.25. The molecule has 1 saturated heterocycles. The number of esters is 1. The maximum Gasteiger partial charge on any atom is 0.314 e. The van der Waals surface area contributed by atoms with Crippen LogP contribution in [0.1, 0.15) is 60.3 Å². The van der Waals surface area contributed by atoms with Crippen LogP contribution in [-0.4, -0.2) is 17.4 Å². The largest absolute Gasteiger partial charge is 0.432 e. The van der Waals surface area contributed by atoms with Crippen molar-refractivity contribution in [1.29, 1.82) is 0 Å². The normalized spacial score (nSPS) is 49.7. The Morgan fingerprint density at radius 1 is 1.16 bits per heavy atom. The Labute approximate surface area is 116 Å². The van der Waals surface area contributed by atoms with E-state index in [1.807, 2.05) is 6.92 Å². The van der Waals surface area contributed by atoms with Crippen molar-refractivity contribution in [2.75, 3.05) is 0 Å². The van der Waals surface area contributed by atoms with Crippen LogP contribution in [0.15, 0.2) is 0 Å². The maximum atomic E-state index is 12.5. The fourth-order valence-electron chi connectivity index (χ4n) is 4.36. The first kappa shape index (κ1) is 13.4. The summed E-state index contributed by atoms with van der Waals surface area (Å²) in [5.74, 6) is 0.164. The molecule has 0 amide bonds. The van der Waals surface area contributed by atoms with Crippen LogP contribution in [0, 0.1) is 23.2 Å². The summed E-state index contributed by atoms with van der Waals surface area (Å²) >= 11 is 0. The summed E-state index contributed by atoms with van der Waals surface area (Å²) in [6.45, 7) is 10.3. The second kappa shape index (κ2) is 3.75. The quantitative estimate of drug-likeness (QED) is 0.629. The van der Waals surface area contributed by atoms with Crippen LogP contribution in [0.25, 0.3) is 0 Å². The molecule has 0 aromatic heterocycles. The molecule has 1 heterocycles. The van der Waals surface area contributed by atoms with Gasteiger partial charge in [0, 0.05) is 12.3 Å². The number of hydrogen-bond donors (Lipinski definition) is 0. The number of ether oxygens (including phenoxy) is 2. The molecular weight excluding hydrogens is 240 g/mol. The first-order valence-corrected chi connectivity index (χ1v) is 7.62. The van der Waals surface area contributed by atoms with E-state index >= 15 is 0 Å². The van der Waals surface area contributed by atoms with E-state index in [0.29, 0.717) is 11.8 Å². The molecular formula is C16H26O3. The molecule has 2 saturated carbocycles. The minimum Gasteiger partial charge on any atom is -0.432 e. The van der Waals surface area contributed by atoms with E-state index < -0.39 is 5.79 Å². The van der Waals surface area contributed by atoms with E-state index in [2.05, 4.69) is 27.7 Å². The van der Waals surface area contributed by atoms with Crippen molar-refractivity contribution >= 4 is 5.97 Å². The number of carbonyl (C=O) groups excluding carboxylic acids is 1. The molecule has 0 aromatic rings. The highest BCUT2D eigenvalue weighted by Gasteiger charge is 2.70. The lowest BCUT2D eigenvalue weighted by Gasteiger charge is -2.66. The van der Waals surface area contributed by atoms with Crippen molar-refractivity contribution in [3.05, 3.63) is 0 Å². The second-order valence-corrected chi connectivity index (χ2v) is 7.94. The van der Waals surface area contributed by atoms with Crippen molar-refractivity contribution in [2.45, 2.75) is 71.7 Å². The summed E-state index contributed by atoms with van der Waals surface area (Å²) in [7, 11) is 0. The Morgan fingerprint density at radius 2 is 1.79 bits per heavy atom. The van der Waals surface area contributed by atoms with Gasteiger partial charge in [0.05, 0.1) is 11.5 Å². The fourth-order valence-corrected chi connectivity index (χ4v) is 4.36. The highest BCUT2D eigenvalue weighted by Crippen LogP contribution is 2.62. The fraction of sp³-hybridized carbons (Fsp3) is 0.938. The van der Waals surface area contributed by atoms with E-state index in [0.717, 1.165) is 6.42 Å². The molecule has 3 aliphatic rings. The molecule has 3 rings (SSSR count). The Kier molecular flexibility index (Phi) is 2.65. The predicted octanol–water partition coefficient (Wildman–Crippen LogP) is 3.52. The Morgan fingerprint density at radius 3 is 2.42 bits per heavy atom. The summed E-state index contributed by atoms with van der Waals surface area (Å²) in [4.78, 5) is 12.5. The van der Waals surface area contributed by atoms with Crippen molar-refractivity contribution in [3.8, 4) is 0 Å². The third-order valence-corrected chi connectivity index (χ3v) is 5.93. The zero-order valence-electron chi connectivity index (χ0n) is 12.8. The van der Waals surface area contributed by atoms with Crippen LogP contribution in [0.3, 0.4) is 0 Å². The van der Waals surface area contributed by atoms with E-state index in [1.165, 1.54) is 19.3 Å². The number of rotatable bonds is 0. The molecule has 0 spiro atoms. The van der Waals surface area contributed by atoms with Gasteiger partial charge in [-0.3, -0.25) is 4.79 Å². The molecule has 0 bridgehead atoms. The van der Waals surface area contributed by atoms with Gasteiger partial charge in [-0.2, -0.15) is 0 Å².